The molecule has 3 N–H and O–H groups in total. The van der Waals surface area contributed by atoms with Gasteiger partial charge < -0.3 is 30.0 Å². The molecule has 35 heavy (non-hydrogen) atoms. The molecule has 2 unspecified atom stereocenters. The Hall–Kier alpha value is -2.79. The highest BCUT2D eigenvalue weighted by molar-refractivity contribution is 9.10. The first-order valence-corrected chi connectivity index (χ1v) is 11.9. The molecule has 0 fully saturated rings. The lowest BCUT2D eigenvalue weighted by atomic mass is 9.90. The maximum absolute atomic E-state index is 13.4. The molecule has 0 radical (unpaired) electrons. The number of rotatable bonds is 9. The zero-order chi connectivity index (χ0) is 26.5. The molecule has 0 saturated heterocycles. The number of carbonyl (C=O) groups is 3. The van der Waals surface area contributed by atoms with Crippen molar-refractivity contribution in [3.63, 3.8) is 0 Å². The van der Waals surface area contributed by atoms with Crippen LogP contribution in [-0.4, -0.2) is 67.9 Å². The lowest BCUT2D eigenvalue weighted by molar-refractivity contribution is -0.149. The van der Waals surface area contributed by atoms with Crippen LogP contribution < -0.4 is 15.4 Å². The fourth-order valence-corrected chi connectivity index (χ4v) is 3.75. The Labute approximate surface area is 214 Å². The van der Waals surface area contributed by atoms with Crippen LogP contribution in [0.4, 0.5) is 4.79 Å². The summed E-state index contributed by atoms with van der Waals surface area (Å²) in [6.07, 6.45) is -0.430. The van der Waals surface area contributed by atoms with Crippen LogP contribution in [-0.2, 0) is 19.1 Å². The van der Waals surface area contributed by atoms with Gasteiger partial charge in [0.25, 0.3) is 0 Å². The third-order valence-electron chi connectivity index (χ3n) is 5.85. The molecular weight excluding hydrogens is 522 g/mol. The summed E-state index contributed by atoms with van der Waals surface area (Å²) in [5, 5.41) is 15.7. The predicted octanol–water partition coefficient (Wildman–Crippen LogP) is 3.24. The second-order valence-electron chi connectivity index (χ2n) is 9.28. The van der Waals surface area contributed by atoms with Crippen molar-refractivity contribution in [1.29, 1.82) is 0 Å². The number of hydrogen-bond donors (Lipinski definition) is 3. The number of nitrogens with one attached hydrogen (secondary N) is 2. The van der Waals surface area contributed by atoms with Gasteiger partial charge in [0, 0.05) is 19.4 Å². The topological polar surface area (TPSA) is 126 Å². The fraction of sp³-hybridized carbons (Fsp3) is 0.542. The van der Waals surface area contributed by atoms with Crippen molar-refractivity contribution in [2.75, 3.05) is 33.9 Å². The molecule has 194 valence electrons. The third-order valence-corrected chi connectivity index (χ3v) is 6.46. The Balaban J connectivity index is 2.53. The average molecular weight is 556 g/mol. The van der Waals surface area contributed by atoms with E-state index in [1.807, 2.05) is 20.8 Å². The van der Waals surface area contributed by atoms with E-state index in [4.69, 9.17) is 14.2 Å². The fourth-order valence-electron chi connectivity index (χ4n) is 3.29. The molecule has 1 aromatic carbocycles. The summed E-state index contributed by atoms with van der Waals surface area (Å²) in [6.45, 7) is 9.57. The van der Waals surface area contributed by atoms with Crippen LogP contribution in [0.15, 0.2) is 27.9 Å². The molecule has 0 aromatic heterocycles. The monoisotopic (exact) mass is 555 g/mol. The summed E-state index contributed by atoms with van der Waals surface area (Å²) in [6, 6.07) is 1.66. The predicted molar refractivity (Wildman–Crippen MR) is 133 cm³/mol. The van der Waals surface area contributed by atoms with E-state index in [1.54, 1.807) is 19.9 Å². The van der Waals surface area contributed by atoms with E-state index < -0.39 is 30.1 Å². The summed E-state index contributed by atoms with van der Waals surface area (Å²) >= 11 is 3.28. The smallest absolute Gasteiger partial charge is 0.338 e. The zero-order valence-electron chi connectivity index (χ0n) is 21.2. The lowest BCUT2D eigenvalue weighted by Gasteiger charge is -2.36. The van der Waals surface area contributed by atoms with Gasteiger partial charge in [-0.3, -0.25) is 9.69 Å². The minimum Gasteiger partial charge on any atom is -0.503 e. The number of nitrogens with zero attached hydrogens (tertiary/aromatic N) is 1. The molecule has 1 aliphatic heterocycles. The van der Waals surface area contributed by atoms with Crippen molar-refractivity contribution in [3.8, 4) is 11.5 Å². The summed E-state index contributed by atoms with van der Waals surface area (Å²) in [7, 11) is 2.92. The Morgan fingerprint density at radius 3 is 2.51 bits per heavy atom. The van der Waals surface area contributed by atoms with Gasteiger partial charge in [-0.15, -0.1) is 0 Å². The van der Waals surface area contributed by atoms with Gasteiger partial charge >= 0.3 is 12.0 Å². The minimum absolute atomic E-state index is 0.112. The highest BCUT2D eigenvalue weighted by Crippen LogP contribution is 2.40. The number of amides is 3. The van der Waals surface area contributed by atoms with Crippen molar-refractivity contribution in [3.05, 3.63) is 33.4 Å². The number of allylic oxidation sites excluding steroid dienone is 1. The molecule has 0 spiro atoms. The van der Waals surface area contributed by atoms with E-state index in [0.29, 0.717) is 16.6 Å². The third kappa shape index (κ3) is 6.88. The average Bonchev–Trinajstić information content (AvgIpc) is 2.77. The number of esters is 1. The first kappa shape index (κ1) is 28.4. The number of phenolic OH excluding ortho intramolecular Hbond substituents is 1. The Bertz CT molecular complexity index is 1000. The Kier molecular flexibility index (Phi) is 9.56. The Morgan fingerprint density at radius 2 is 1.94 bits per heavy atom. The molecule has 0 bridgehead atoms. The molecular formula is C24H34BrN3O7. The largest absolute Gasteiger partial charge is 0.503 e. The van der Waals surface area contributed by atoms with Crippen molar-refractivity contribution >= 4 is 33.8 Å². The SMILES string of the molecule is COCCNC(=O)CN1C(=O)NC(c2cc(Br)c(O)c(OC)c2)C(C(=O)OC(C)C(C)(C)C)=C1C. The van der Waals surface area contributed by atoms with Crippen molar-refractivity contribution < 1.29 is 33.7 Å². The molecule has 3 amide bonds. The molecule has 0 aliphatic carbocycles. The maximum Gasteiger partial charge on any atom is 0.338 e. The van der Waals surface area contributed by atoms with Crippen LogP contribution in [0.5, 0.6) is 11.5 Å². The van der Waals surface area contributed by atoms with Crippen LogP contribution in [0.25, 0.3) is 0 Å². The van der Waals surface area contributed by atoms with E-state index in [2.05, 4.69) is 26.6 Å². The number of methoxy groups -OCH3 is 2. The van der Waals surface area contributed by atoms with Gasteiger partial charge in [-0.25, -0.2) is 9.59 Å². The summed E-state index contributed by atoms with van der Waals surface area (Å²) in [4.78, 5) is 40.1. The summed E-state index contributed by atoms with van der Waals surface area (Å²) in [5.74, 6) is -0.973. The number of carbonyl (C=O) groups excluding carboxylic acids is 3. The molecule has 1 aromatic rings. The van der Waals surface area contributed by atoms with E-state index in [-0.39, 0.29) is 41.3 Å². The van der Waals surface area contributed by atoms with Gasteiger partial charge in [0.2, 0.25) is 5.91 Å². The number of benzene rings is 1. The maximum atomic E-state index is 13.4. The quantitative estimate of drug-likeness (QED) is 0.315. The lowest BCUT2D eigenvalue weighted by Crippen LogP contribution is -2.51. The molecule has 11 heteroatoms. The number of halogens is 1. The van der Waals surface area contributed by atoms with Crippen LogP contribution in [0.3, 0.4) is 0 Å². The van der Waals surface area contributed by atoms with Crippen LogP contribution in [0, 0.1) is 5.41 Å². The van der Waals surface area contributed by atoms with Gasteiger partial charge in [0.1, 0.15) is 12.6 Å². The van der Waals surface area contributed by atoms with Crippen molar-refractivity contribution in [2.45, 2.75) is 46.8 Å². The van der Waals surface area contributed by atoms with E-state index >= 15 is 0 Å². The highest BCUT2D eigenvalue weighted by Gasteiger charge is 2.39. The van der Waals surface area contributed by atoms with Crippen molar-refractivity contribution in [1.82, 2.24) is 15.5 Å². The van der Waals surface area contributed by atoms with E-state index in [1.165, 1.54) is 25.2 Å². The van der Waals surface area contributed by atoms with Crippen LogP contribution >= 0.6 is 15.9 Å². The van der Waals surface area contributed by atoms with E-state index in [0.717, 1.165) is 0 Å². The van der Waals surface area contributed by atoms with Crippen molar-refractivity contribution in [2.24, 2.45) is 5.41 Å². The molecule has 0 saturated carbocycles. The second-order valence-corrected chi connectivity index (χ2v) is 10.1. The Morgan fingerprint density at radius 1 is 1.29 bits per heavy atom. The standard InChI is InChI=1S/C24H34BrN3O7/c1-13-19(22(31)35-14(2)24(3,4)5)20(15-10-16(25)21(30)17(11-15)34-7)27-23(32)28(13)12-18(29)26-8-9-33-6/h10-11,14,20,30H,8-9,12H2,1-7H3,(H,26,29)(H,27,32). The van der Waals surface area contributed by atoms with Crippen LogP contribution in [0.2, 0.25) is 0 Å². The summed E-state index contributed by atoms with van der Waals surface area (Å²) < 4.78 is 16.3. The van der Waals surface area contributed by atoms with Gasteiger partial charge in [-0.2, -0.15) is 0 Å². The zero-order valence-corrected chi connectivity index (χ0v) is 22.7. The molecule has 1 heterocycles. The normalized spacial score (nSPS) is 17.1. The molecule has 2 atom stereocenters. The number of phenols is 1. The number of aromatic hydroxyl groups is 1. The highest BCUT2D eigenvalue weighted by atomic mass is 79.9. The van der Waals surface area contributed by atoms with Gasteiger partial charge in [0.05, 0.1) is 29.8 Å². The first-order valence-electron chi connectivity index (χ1n) is 11.1. The molecule has 10 nitrogen and oxygen atoms in total. The van der Waals surface area contributed by atoms with Gasteiger partial charge in [-0.05, 0) is 52.9 Å². The summed E-state index contributed by atoms with van der Waals surface area (Å²) in [5.41, 5.74) is 0.627. The number of urea groups is 1. The molecule has 2 rings (SSSR count). The number of ether oxygens (including phenoxy) is 3. The number of hydrogen-bond acceptors (Lipinski definition) is 7. The van der Waals surface area contributed by atoms with E-state index in [9.17, 15) is 19.5 Å². The first-order chi connectivity index (χ1) is 16.3. The van der Waals surface area contributed by atoms with Gasteiger partial charge in [-0.1, -0.05) is 20.8 Å². The molecule has 1 aliphatic rings. The van der Waals surface area contributed by atoms with Gasteiger partial charge in [0.15, 0.2) is 11.5 Å². The second kappa shape index (κ2) is 11.8. The minimum atomic E-state index is -0.902. The van der Waals surface area contributed by atoms with Crippen LogP contribution in [0.1, 0.15) is 46.2 Å².